The van der Waals surface area contributed by atoms with Crippen LogP contribution >= 0.6 is 0 Å². The first kappa shape index (κ1) is 24.1. The van der Waals surface area contributed by atoms with Crippen molar-refractivity contribution < 1.29 is 22.7 Å². The highest BCUT2D eigenvalue weighted by molar-refractivity contribution is 7.86. The number of para-hydroxylation sites is 1. The molecule has 0 atom stereocenters. The number of benzene rings is 2. The number of morpholine rings is 1. The van der Waals surface area contributed by atoms with E-state index in [1.165, 1.54) is 8.61 Å². The van der Waals surface area contributed by atoms with Crippen molar-refractivity contribution in [3.8, 4) is 0 Å². The molecule has 0 aromatic heterocycles. The van der Waals surface area contributed by atoms with Gasteiger partial charge in [-0.3, -0.25) is 4.79 Å². The van der Waals surface area contributed by atoms with Crippen molar-refractivity contribution in [1.82, 2.24) is 13.5 Å². The van der Waals surface area contributed by atoms with E-state index in [1.807, 2.05) is 25.1 Å². The molecule has 3 amide bonds. The van der Waals surface area contributed by atoms with Gasteiger partial charge in [-0.25, -0.2) is 4.79 Å². The Morgan fingerprint density at radius 1 is 0.853 bits per heavy atom. The molecule has 2 aromatic carbocycles. The van der Waals surface area contributed by atoms with Crippen molar-refractivity contribution in [1.29, 1.82) is 0 Å². The Hall–Kier alpha value is -2.99. The van der Waals surface area contributed by atoms with E-state index in [9.17, 15) is 18.0 Å². The molecule has 0 saturated carbocycles. The number of anilines is 2. The monoisotopic (exact) mass is 487 g/mol. The summed E-state index contributed by atoms with van der Waals surface area (Å²) in [6, 6.07) is 13.9. The lowest BCUT2D eigenvalue weighted by atomic mass is 10.1. The van der Waals surface area contributed by atoms with E-state index < -0.39 is 10.2 Å². The molecule has 2 fully saturated rings. The summed E-state index contributed by atoms with van der Waals surface area (Å²) in [5.41, 5.74) is 2.46. The normalized spacial score (nSPS) is 17.9. The third kappa shape index (κ3) is 5.55. The van der Waals surface area contributed by atoms with Crippen LogP contribution in [-0.4, -0.2) is 86.3 Å². The molecule has 2 aromatic rings. The number of hydrogen-bond acceptors (Lipinski definition) is 5. The van der Waals surface area contributed by atoms with Gasteiger partial charge in [0.25, 0.3) is 16.1 Å². The van der Waals surface area contributed by atoms with Gasteiger partial charge in [0.05, 0.1) is 13.2 Å². The minimum Gasteiger partial charge on any atom is -0.379 e. The van der Waals surface area contributed by atoms with Crippen molar-refractivity contribution in [3.63, 3.8) is 0 Å². The molecule has 2 N–H and O–H groups in total. The van der Waals surface area contributed by atoms with Crippen LogP contribution in [-0.2, 0) is 14.9 Å². The molecular weight excluding hydrogens is 458 g/mol. The van der Waals surface area contributed by atoms with Gasteiger partial charge in [0.2, 0.25) is 0 Å². The standard InChI is InChI=1S/C23H29N5O5S/c1-18-7-8-19(22(29)24-20-5-3-2-4-6-20)17-21(18)25-23(30)26-9-11-27(12-10-26)34(31,32)28-13-15-33-16-14-28/h2-8,17H,9-16H2,1H3,(H,24,29)(H,25,30). The van der Waals surface area contributed by atoms with E-state index in [-0.39, 0.29) is 38.1 Å². The number of urea groups is 1. The summed E-state index contributed by atoms with van der Waals surface area (Å²) in [5, 5.41) is 5.70. The third-order valence-corrected chi connectivity index (χ3v) is 7.96. The van der Waals surface area contributed by atoms with Crippen LogP contribution < -0.4 is 10.6 Å². The molecule has 0 spiro atoms. The second-order valence-corrected chi connectivity index (χ2v) is 10.1. The molecule has 0 bridgehead atoms. The Morgan fingerprint density at radius 2 is 1.50 bits per heavy atom. The Balaban J connectivity index is 1.36. The number of carbonyl (C=O) groups excluding carboxylic acids is 2. The average molecular weight is 488 g/mol. The number of aryl methyl sites for hydroxylation is 1. The highest BCUT2D eigenvalue weighted by Gasteiger charge is 2.34. The summed E-state index contributed by atoms with van der Waals surface area (Å²) < 4.78 is 33.7. The van der Waals surface area contributed by atoms with Gasteiger partial charge >= 0.3 is 6.03 Å². The Morgan fingerprint density at radius 3 is 2.18 bits per heavy atom. The first-order valence-electron chi connectivity index (χ1n) is 11.2. The first-order chi connectivity index (χ1) is 16.3. The summed E-state index contributed by atoms with van der Waals surface area (Å²) in [7, 11) is -3.56. The van der Waals surface area contributed by atoms with Crippen LogP contribution in [0.25, 0.3) is 0 Å². The molecule has 4 rings (SSSR count). The van der Waals surface area contributed by atoms with Gasteiger partial charge in [0, 0.05) is 56.2 Å². The van der Waals surface area contributed by atoms with Crippen LogP contribution in [0, 0.1) is 6.92 Å². The van der Waals surface area contributed by atoms with Gasteiger partial charge in [0.15, 0.2) is 0 Å². The number of carbonyl (C=O) groups is 2. The van der Waals surface area contributed by atoms with Crippen LogP contribution in [0.5, 0.6) is 0 Å². The maximum Gasteiger partial charge on any atom is 0.321 e. The SMILES string of the molecule is Cc1ccc(C(=O)Nc2ccccc2)cc1NC(=O)N1CCN(S(=O)(=O)N2CCOCC2)CC1. The molecule has 2 heterocycles. The third-order valence-electron chi connectivity index (χ3n) is 5.92. The van der Waals surface area contributed by atoms with E-state index in [0.717, 1.165) is 5.56 Å². The van der Waals surface area contributed by atoms with Gasteiger partial charge in [-0.2, -0.15) is 17.0 Å². The summed E-state index contributed by atoms with van der Waals surface area (Å²) >= 11 is 0. The zero-order valence-corrected chi connectivity index (χ0v) is 19.9. The van der Waals surface area contributed by atoms with E-state index in [2.05, 4.69) is 10.6 Å². The van der Waals surface area contributed by atoms with E-state index in [0.29, 0.717) is 43.2 Å². The molecule has 2 aliphatic heterocycles. The minimum atomic E-state index is -3.56. The Bertz CT molecular complexity index is 1130. The largest absolute Gasteiger partial charge is 0.379 e. The van der Waals surface area contributed by atoms with E-state index >= 15 is 0 Å². The van der Waals surface area contributed by atoms with Crippen molar-refractivity contribution >= 4 is 33.5 Å². The summed E-state index contributed by atoms with van der Waals surface area (Å²) in [5.74, 6) is -0.274. The molecular formula is C23H29N5O5S. The lowest BCUT2D eigenvalue weighted by Gasteiger charge is -2.37. The predicted octanol–water partition coefficient (Wildman–Crippen LogP) is 1.97. The fraction of sp³-hybridized carbons (Fsp3) is 0.391. The molecule has 34 heavy (non-hydrogen) atoms. The lowest BCUT2D eigenvalue weighted by Crippen LogP contribution is -2.56. The highest BCUT2D eigenvalue weighted by Crippen LogP contribution is 2.20. The Kier molecular flexibility index (Phi) is 7.47. The van der Waals surface area contributed by atoms with Crippen LogP contribution in [0.4, 0.5) is 16.2 Å². The number of ether oxygens (including phenoxy) is 1. The number of hydrogen-bond donors (Lipinski definition) is 2. The van der Waals surface area contributed by atoms with Crippen LogP contribution in [0.2, 0.25) is 0 Å². The van der Waals surface area contributed by atoms with Crippen molar-refractivity contribution in [2.24, 2.45) is 0 Å². The van der Waals surface area contributed by atoms with Gasteiger partial charge in [-0.1, -0.05) is 24.3 Å². The predicted molar refractivity (Wildman–Crippen MR) is 129 cm³/mol. The summed E-state index contributed by atoms with van der Waals surface area (Å²) in [4.78, 5) is 27.1. The number of piperazine rings is 1. The molecule has 2 saturated heterocycles. The quantitative estimate of drug-likeness (QED) is 0.670. The summed E-state index contributed by atoms with van der Waals surface area (Å²) in [6.45, 7) is 4.34. The van der Waals surface area contributed by atoms with Crippen molar-refractivity contribution in [2.45, 2.75) is 6.92 Å². The molecule has 2 aliphatic rings. The van der Waals surface area contributed by atoms with Gasteiger partial charge in [0.1, 0.15) is 0 Å². The molecule has 182 valence electrons. The van der Waals surface area contributed by atoms with Crippen molar-refractivity contribution in [2.75, 3.05) is 63.1 Å². The maximum absolute atomic E-state index is 12.9. The molecule has 0 unspecified atom stereocenters. The zero-order valence-electron chi connectivity index (χ0n) is 19.1. The Labute approximate surface area is 199 Å². The van der Waals surface area contributed by atoms with E-state index in [1.54, 1.807) is 35.2 Å². The number of rotatable bonds is 5. The molecule has 11 heteroatoms. The van der Waals surface area contributed by atoms with Gasteiger partial charge in [-0.05, 0) is 36.8 Å². The van der Waals surface area contributed by atoms with Gasteiger partial charge < -0.3 is 20.3 Å². The fourth-order valence-corrected chi connectivity index (χ4v) is 5.44. The first-order valence-corrected chi connectivity index (χ1v) is 12.6. The number of amides is 3. The molecule has 0 radical (unpaired) electrons. The number of nitrogens with zero attached hydrogens (tertiary/aromatic N) is 3. The second-order valence-electron chi connectivity index (χ2n) is 8.19. The molecule has 0 aliphatic carbocycles. The minimum absolute atomic E-state index is 0.228. The second kappa shape index (κ2) is 10.5. The average Bonchev–Trinajstić information content (AvgIpc) is 2.86. The zero-order chi connectivity index (χ0) is 24.1. The van der Waals surface area contributed by atoms with Crippen molar-refractivity contribution in [3.05, 3.63) is 59.7 Å². The van der Waals surface area contributed by atoms with E-state index in [4.69, 9.17) is 4.74 Å². The topological polar surface area (TPSA) is 111 Å². The highest BCUT2D eigenvalue weighted by atomic mass is 32.2. The van der Waals surface area contributed by atoms with Gasteiger partial charge in [-0.15, -0.1) is 0 Å². The smallest absolute Gasteiger partial charge is 0.321 e. The van der Waals surface area contributed by atoms with Crippen LogP contribution in [0.3, 0.4) is 0 Å². The fourth-order valence-electron chi connectivity index (χ4n) is 3.88. The maximum atomic E-state index is 12.9. The van der Waals surface area contributed by atoms with Crippen LogP contribution in [0.15, 0.2) is 48.5 Å². The van der Waals surface area contributed by atoms with Crippen LogP contribution in [0.1, 0.15) is 15.9 Å². The summed E-state index contributed by atoms with van der Waals surface area (Å²) in [6.07, 6.45) is 0. The molecule has 10 nitrogen and oxygen atoms in total. The lowest BCUT2D eigenvalue weighted by molar-refractivity contribution is 0.0691. The number of nitrogens with one attached hydrogen (secondary N) is 2.